The van der Waals surface area contributed by atoms with Gasteiger partial charge in [0.25, 0.3) is 0 Å². The van der Waals surface area contributed by atoms with Crippen molar-refractivity contribution >= 4 is 10.8 Å². The summed E-state index contributed by atoms with van der Waals surface area (Å²) < 4.78 is 32.9. The average Bonchev–Trinajstić information content (AvgIpc) is 2.90. The first-order chi connectivity index (χ1) is 16.6. The smallest absolute Gasteiger partial charge is 0.161 e. The summed E-state index contributed by atoms with van der Waals surface area (Å²) in [5.74, 6) is 3.62. The summed E-state index contributed by atoms with van der Waals surface area (Å²) >= 11 is 0. The third kappa shape index (κ3) is 3.98. The van der Waals surface area contributed by atoms with Crippen molar-refractivity contribution in [3.05, 3.63) is 48.5 Å². The van der Waals surface area contributed by atoms with Crippen LogP contribution in [0.15, 0.2) is 48.5 Å². The Morgan fingerprint density at radius 3 is 1.06 bits per heavy atom. The molecule has 3 aromatic carbocycles. The van der Waals surface area contributed by atoms with Gasteiger partial charge in [0.1, 0.15) is 11.4 Å². The van der Waals surface area contributed by atoms with Crippen molar-refractivity contribution in [2.45, 2.75) is 0 Å². The number of aromatic nitrogens is 2. The van der Waals surface area contributed by atoms with Crippen molar-refractivity contribution in [1.29, 1.82) is 0 Å². The van der Waals surface area contributed by atoms with Crippen molar-refractivity contribution in [2.24, 2.45) is 0 Å². The van der Waals surface area contributed by atoms with Gasteiger partial charge in [0, 0.05) is 21.9 Å². The third-order valence-electron chi connectivity index (χ3n) is 5.60. The van der Waals surface area contributed by atoms with Crippen LogP contribution in [0.3, 0.4) is 0 Å². The zero-order chi connectivity index (χ0) is 24.2. The number of ether oxygens (including phenoxy) is 6. The van der Waals surface area contributed by atoms with Crippen LogP contribution in [0, 0.1) is 0 Å². The van der Waals surface area contributed by atoms with Gasteiger partial charge in [0.05, 0.1) is 42.7 Å². The van der Waals surface area contributed by atoms with Gasteiger partial charge >= 0.3 is 0 Å². The molecule has 176 valence electrons. The second-order valence-electron chi connectivity index (χ2n) is 7.29. The van der Waals surface area contributed by atoms with Crippen molar-refractivity contribution < 1.29 is 28.4 Å². The molecule has 0 saturated heterocycles. The fraction of sp³-hybridized carbons (Fsp3) is 0.231. The topological polar surface area (TPSA) is 81.2 Å². The van der Waals surface area contributed by atoms with Crippen molar-refractivity contribution in [1.82, 2.24) is 10.2 Å². The Kier molecular flexibility index (Phi) is 6.58. The summed E-state index contributed by atoms with van der Waals surface area (Å²) in [5, 5.41) is 10.9. The van der Waals surface area contributed by atoms with Crippen molar-refractivity contribution in [2.75, 3.05) is 42.7 Å². The molecule has 8 heteroatoms. The summed E-state index contributed by atoms with van der Waals surface area (Å²) in [7, 11) is 9.59. The van der Waals surface area contributed by atoms with Gasteiger partial charge in [0.2, 0.25) is 0 Å². The van der Waals surface area contributed by atoms with Gasteiger partial charge in [-0.05, 0) is 48.5 Å². The standard InChI is InChI=1S/C26H26N2O6/c1-29-19-9-7-15(11-21(19)31-3)25-17-13-23(33-5)24(34-6)14-18(17)26(28-27-25)16-8-10-20(30-2)22(12-16)32-4/h7-14H,1-6H3. The molecule has 0 fully saturated rings. The number of methoxy groups -OCH3 is 6. The summed E-state index contributed by atoms with van der Waals surface area (Å²) in [5.41, 5.74) is 2.98. The van der Waals surface area contributed by atoms with E-state index in [0.29, 0.717) is 45.9 Å². The van der Waals surface area contributed by atoms with Crippen LogP contribution in [0.25, 0.3) is 33.3 Å². The Balaban J connectivity index is 2.01. The highest BCUT2D eigenvalue weighted by Crippen LogP contribution is 2.42. The minimum absolute atomic E-state index is 0.586. The number of rotatable bonds is 8. The van der Waals surface area contributed by atoms with Crippen LogP contribution in [0.4, 0.5) is 0 Å². The first-order valence-electron chi connectivity index (χ1n) is 10.5. The van der Waals surface area contributed by atoms with E-state index in [9.17, 15) is 0 Å². The second kappa shape index (κ2) is 9.74. The molecule has 0 saturated carbocycles. The number of fused-ring (bicyclic) bond motifs is 1. The van der Waals surface area contributed by atoms with Crippen LogP contribution in [0.1, 0.15) is 0 Å². The quantitative estimate of drug-likeness (QED) is 0.361. The van der Waals surface area contributed by atoms with Gasteiger partial charge in [-0.3, -0.25) is 0 Å². The molecule has 0 N–H and O–H groups in total. The molecule has 0 aliphatic rings. The van der Waals surface area contributed by atoms with E-state index in [1.165, 1.54) is 0 Å². The van der Waals surface area contributed by atoms with Gasteiger partial charge < -0.3 is 28.4 Å². The van der Waals surface area contributed by atoms with E-state index in [0.717, 1.165) is 21.9 Å². The van der Waals surface area contributed by atoms with Crippen molar-refractivity contribution in [3.8, 4) is 57.0 Å². The summed E-state index contributed by atoms with van der Waals surface area (Å²) in [6, 6.07) is 15.0. The summed E-state index contributed by atoms with van der Waals surface area (Å²) in [6.45, 7) is 0. The lowest BCUT2D eigenvalue weighted by atomic mass is 9.99. The van der Waals surface area contributed by atoms with Gasteiger partial charge in [0.15, 0.2) is 34.5 Å². The number of hydrogen-bond acceptors (Lipinski definition) is 8. The van der Waals surface area contributed by atoms with E-state index >= 15 is 0 Å². The van der Waals surface area contributed by atoms with E-state index in [2.05, 4.69) is 10.2 Å². The predicted molar refractivity (Wildman–Crippen MR) is 130 cm³/mol. The van der Waals surface area contributed by atoms with Crippen LogP contribution < -0.4 is 28.4 Å². The van der Waals surface area contributed by atoms with E-state index in [4.69, 9.17) is 28.4 Å². The van der Waals surface area contributed by atoms with E-state index in [1.807, 2.05) is 48.5 Å². The largest absolute Gasteiger partial charge is 0.493 e. The molecular weight excluding hydrogens is 436 g/mol. The number of benzene rings is 3. The first-order valence-corrected chi connectivity index (χ1v) is 10.5. The maximum atomic E-state index is 5.57. The molecule has 4 rings (SSSR count). The lowest BCUT2D eigenvalue weighted by Gasteiger charge is -2.16. The molecule has 8 nitrogen and oxygen atoms in total. The molecule has 0 aliphatic carbocycles. The first kappa shape index (κ1) is 23.0. The highest BCUT2D eigenvalue weighted by Gasteiger charge is 2.19. The molecular formula is C26H26N2O6. The molecule has 0 bridgehead atoms. The molecule has 34 heavy (non-hydrogen) atoms. The molecule has 0 spiro atoms. The fourth-order valence-electron chi connectivity index (χ4n) is 3.87. The van der Waals surface area contributed by atoms with Gasteiger partial charge in [-0.1, -0.05) is 0 Å². The van der Waals surface area contributed by atoms with Crippen LogP contribution in [-0.2, 0) is 0 Å². The van der Waals surface area contributed by atoms with Crippen molar-refractivity contribution in [3.63, 3.8) is 0 Å². The minimum Gasteiger partial charge on any atom is -0.493 e. The van der Waals surface area contributed by atoms with Crippen LogP contribution in [0.2, 0.25) is 0 Å². The monoisotopic (exact) mass is 462 g/mol. The summed E-state index contributed by atoms with van der Waals surface area (Å²) in [6.07, 6.45) is 0. The van der Waals surface area contributed by atoms with E-state index in [-0.39, 0.29) is 0 Å². The highest BCUT2D eigenvalue weighted by atomic mass is 16.5. The lowest BCUT2D eigenvalue weighted by Crippen LogP contribution is -1.99. The highest BCUT2D eigenvalue weighted by molar-refractivity contribution is 6.03. The van der Waals surface area contributed by atoms with Gasteiger partial charge in [-0.25, -0.2) is 0 Å². The van der Waals surface area contributed by atoms with E-state index < -0.39 is 0 Å². The van der Waals surface area contributed by atoms with Gasteiger partial charge in [-0.15, -0.1) is 10.2 Å². The van der Waals surface area contributed by atoms with Crippen LogP contribution >= 0.6 is 0 Å². The molecule has 4 aromatic rings. The van der Waals surface area contributed by atoms with Crippen LogP contribution in [0.5, 0.6) is 34.5 Å². The normalized spacial score (nSPS) is 10.6. The van der Waals surface area contributed by atoms with E-state index in [1.54, 1.807) is 42.7 Å². The average molecular weight is 463 g/mol. The fourth-order valence-corrected chi connectivity index (χ4v) is 3.87. The molecule has 0 aliphatic heterocycles. The zero-order valence-corrected chi connectivity index (χ0v) is 20.0. The maximum Gasteiger partial charge on any atom is 0.161 e. The Labute approximate surface area is 198 Å². The molecule has 1 aromatic heterocycles. The predicted octanol–water partition coefficient (Wildman–Crippen LogP) is 5.02. The number of nitrogens with zero attached hydrogens (tertiary/aromatic N) is 2. The second-order valence-corrected chi connectivity index (χ2v) is 7.29. The Morgan fingerprint density at radius 1 is 0.412 bits per heavy atom. The third-order valence-corrected chi connectivity index (χ3v) is 5.60. The van der Waals surface area contributed by atoms with Crippen LogP contribution in [-0.4, -0.2) is 52.9 Å². The molecule has 0 unspecified atom stereocenters. The molecule has 0 atom stereocenters. The molecule has 1 heterocycles. The SMILES string of the molecule is COc1ccc(-c2nnc(-c3ccc(OC)c(OC)c3)c3cc(OC)c(OC)cc23)cc1OC. The number of hydrogen-bond donors (Lipinski definition) is 0. The zero-order valence-electron chi connectivity index (χ0n) is 20.0. The Bertz CT molecular complexity index is 1240. The summed E-state index contributed by atoms with van der Waals surface area (Å²) in [4.78, 5) is 0. The minimum atomic E-state index is 0.586. The maximum absolute atomic E-state index is 5.57. The Hall–Kier alpha value is -4.20. The molecule has 0 amide bonds. The molecule has 0 radical (unpaired) electrons. The Morgan fingerprint density at radius 2 is 0.735 bits per heavy atom. The lowest BCUT2D eigenvalue weighted by molar-refractivity contribution is 0.355. The van der Waals surface area contributed by atoms with Gasteiger partial charge in [-0.2, -0.15) is 0 Å².